The van der Waals surface area contributed by atoms with Crippen molar-refractivity contribution in [2.45, 2.75) is 6.92 Å². The molecule has 0 spiro atoms. The van der Waals surface area contributed by atoms with Crippen LogP contribution < -0.4 is 10.5 Å². The molecule has 0 aliphatic heterocycles. The summed E-state index contributed by atoms with van der Waals surface area (Å²) < 4.78 is 5.67. The van der Waals surface area contributed by atoms with E-state index in [2.05, 4.69) is 15.0 Å². The van der Waals surface area contributed by atoms with E-state index in [4.69, 9.17) is 10.5 Å². The summed E-state index contributed by atoms with van der Waals surface area (Å²) in [6, 6.07) is 8.96. The van der Waals surface area contributed by atoms with Crippen LogP contribution in [0.2, 0.25) is 0 Å². The summed E-state index contributed by atoms with van der Waals surface area (Å²) in [5.41, 5.74) is 7.93. The molecule has 0 radical (unpaired) electrons. The van der Waals surface area contributed by atoms with E-state index in [1.54, 1.807) is 29.5 Å². The summed E-state index contributed by atoms with van der Waals surface area (Å²) >= 11 is 1.58. The Labute approximate surface area is 120 Å². The number of aromatic nitrogens is 3. The standard InChI is InChI=1S/C14H12N4OS/c1-9-18-13(7-20-9)12-6-14(17-8-16-12)19-11-4-2-3-10(15)5-11/h2-8H,15H2,1H3. The van der Waals surface area contributed by atoms with E-state index in [1.807, 2.05) is 24.4 Å². The van der Waals surface area contributed by atoms with Crippen LogP contribution >= 0.6 is 11.3 Å². The van der Waals surface area contributed by atoms with Gasteiger partial charge in [0.25, 0.3) is 0 Å². The summed E-state index contributed by atoms with van der Waals surface area (Å²) in [4.78, 5) is 12.7. The van der Waals surface area contributed by atoms with Gasteiger partial charge in [0.15, 0.2) is 0 Å². The number of rotatable bonds is 3. The molecule has 2 N–H and O–H groups in total. The largest absolute Gasteiger partial charge is 0.439 e. The Morgan fingerprint density at radius 1 is 1.15 bits per heavy atom. The molecule has 0 aliphatic rings. The molecule has 1 aromatic carbocycles. The molecule has 2 heterocycles. The predicted molar refractivity (Wildman–Crippen MR) is 78.8 cm³/mol. The Morgan fingerprint density at radius 3 is 2.80 bits per heavy atom. The zero-order chi connectivity index (χ0) is 13.9. The lowest BCUT2D eigenvalue weighted by molar-refractivity contribution is 0.462. The van der Waals surface area contributed by atoms with Gasteiger partial charge in [0.1, 0.15) is 17.8 Å². The number of ether oxygens (including phenoxy) is 1. The molecule has 0 unspecified atom stereocenters. The van der Waals surface area contributed by atoms with Crippen molar-refractivity contribution in [3.05, 3.63) is 47.0 Å². The average molecular weight is 284 g/mol. The molecule has 0 bridgehead atoms. The highest BCUT2D eigenvalue weighted by atomic mass is 32.1. The van der Waals surface area contributed by atoms with Crippen LogP contribution in [0.5, 0.6) is 11.6 Å². The molecule has 3 aromatic rings. The number of aryl methyl sites for hydroxylation is 1. The summed E-state index contributed by atoms with van der Waals surface area (Å²) in [6.45, 7) is 1.96. The van der Waals surface area contributed by atoms with Crippen molar-refractivity contribution in [3.8, 4) is 23.0 Å². The van der Waals surface area contributed by atoms with Gasteiger partial charge in [0.2, 0.25) is 5.88 Å². The first-order valence-corrected chi connectivity index (χ1v) is 6.86. The van der Waals surface area contributed by atoms with Gasteiger partial charge in [-0.25, -0.2) is 15.0 Å². The summed E-state index contributed by atoms with van der Waals surface area (Å²) in [5.74, 6) is 1.11. The van der Waals surface area contributed by atoms with E-state index in [0.717, 1.165) is 16.4 Å². The minimum Gasteiger partial charge on any atom is -0.439 e. The molecule has 0 saturated carbocycles. The van der Waals surface area contributed by atoms with Crippen LogP contribution in [0.4, 0.5) is 5.69 Å². The maximum Gasteiger partial charge on any atom is 0.222 e. The number of hydrogen-bond donors (Lipinski definition) is 1. The first-order valence-electron chi connectivity index (χ1n) is 5.98. The van der Waals surface area contributed by atoms with Gasteiger partial charge < -0.3 is 10.5 Å². The van der Waals surface area contributed by atoms with Crippen LogP contribution in [0, 0.1) is 6.92 Å². The number of anilines is 1. The molecule has 0 atom stereocenters. The van der Waals surface area contributed by atoms with E-state index in [1.165, 1.54) is 6.33 Å². The monoisotopic (exact) mass is 284 g/mol. The van der Waals surface area contributed by atoms with Crippen molar-refractivity contribution < 1.29 is 4.74 Å². The van der Waals surface area contributed by atoms with Crippen LogP contribution in [0.3, 0.4) is 0 Å². The van der Waals surface area contributed by atoms with E-state index in [9.17, 15) is 0 Å². The lowest BCUT2D eigenvalue weighted by Crippen LogP contribution is -1.92. The van der Waals surface area contributed by atoms with E-state index >= 15 is 0 Å². The quantitative estimate of drug-likeness (QED) is 0.747. The molecule has 6 heteroatoms. The van der Waals surface area contributed by atoms with Gasteiger partial charge >= 0.3 is 0 Å². The topological polar surface area (TPSA) is 73.9 Å². The summed E-state index contributed by atoms with van der Waals surface area (Å²) in [5, 5.41) is 2.96. The fourth-order valence-corrected chi connectivity index (χ4v) is 2.32. The molecule has 0 amide bonds. The average Bonchev–Trinajstić information content (AvgIpc) is 2.86. The van der Waals surface area contributed by atoms with Crippen molar-refractivity contribution in [2.24, 2.45) is 0 Å². The third-order valence-corrected chi connectivity index (χ3v) is 3.38. The third kappa shape index (κ3) is 2.75. The molecular weight excluding hydrogens is 272 g/mol. The van der Waals surface area contributed by atoms with Gasteiger partial charge in [-0.1, -0.05) is 6.07 Å². The molecule has 100 valence electrons. The van der Waals surface area contributed by atoms with E-state index < -0.39 is 0 Å². The molecule has 0 aliphatic carbocycles. The summed E-state index contributed by atoms with van der Waals surface area (Å²) in [6.07, 6.45) is 1.46. The Bertz CT molecular complexity index is 741. The fourth-order valence-electron chi connectivity index (χ4n) is 1.72. The zero-order valence-corrected chi connectivity index (χ0v) is 11.6. The zero-order valence-electron chi connectivity index (χ0n) is 10.8. The highest BCUT2D eigenvalue weighted by molar-refractivity contribution is 7.09. The van der Waals surface area contributed by atoms with Gasteiger partial charge in [0, 0.05) is 23.2 Å². The molecule has 0 saturated heterocycles. The van der Waals surface area contributed by atoms with Crippen LogP contribution in [-0.4, -0.2) is 15.0 Å². The second kappa shape index (κ2) is 5.26. The minimum absolute atomic E-state index is 0.464. The highest BCUT2D eigenvalue weighted by Crippen LogP contribution is 2.25. The van der Waals surface area contributed by atoms with Crippen molar-refractivity contribution in [3.63, 3.8) is 0 Å². The normalized spacial score (nSPS) is 10.4. The maximum atomic E-state index is 5.71. The second-order valence-corrected chi connectivity index (χ2v) is 5.23. The van der Waals surface area contributed by atoms with Crippen LogP contribution in [-0.2, 0) is 0 Å². The van der Waals surface area contributed by atoms with Gasteiger partial charge in [0.05, 0.1) is 10.7 Å². The number of thiazole rings is 1. The van der Waals surface area contributed by atoms with Gasteiger partial charge in [-0.15, -0.1) is 11.3 Å². The molecule has 20 heavy (non-hydrogen) atoms. The van der Waals surface area contributed by atoms with Crippen LogP contribution in [0.25, 0.3) is 11.4 Å². The van der Waals surface area contributed by atoms with Gasteiger partial charge in [-0.3, -0.25) is 0 Å². The number of nitrogen functional groups attached to an aromatic ring is 1. The first kappa shape index (κ1) is 12.6. The lowest BCUT2D eigenvalue weighted by atomic mass is 10.3. The van der Waals surface area contributed by atoms with E-state index in [0.29, 0.717) is 17.3 Å². The Kier molecular flexibility index (Phi) is 3.30. The minimum atomic E-state index is 0.464. The number of nitrogens with two attached hydrogens (primary N) is 1. The Hall–Kier alpha value is -2.47. The predicted octanol–water partition coefficient (Wildman–Crippen LogP) is 3.28. The molecular formula is C14H12N4OS. The first-order chi connectivity index (χ1) is 9.70. The lowest BCUT2D eigenvalue weighted by Gasteiger charge is -2.05. The number of benzene rings is 1. The van der Waals surface area contributed by atoms with Crippen molar-refractivity contribution >= 4 is 17.0 Å². The molecule has 0 fully saturated rings. The molecule has 2 aromatic heterocycles. The maximum absolute atomic E-state index is 5.71. The fraction of sp³-hybridized carbons (Fsp3) is 0.0714. The SMILES string of the molecule is Cc1nc(-c2cc(Oc3cccc(N)c3)ncn2)cs1. The second-order valence-electron chi connectivity index (χ2n) is 4.17. The van der Waals surface area contributed by atoms with Crippen molar-refractivity contribution in [1.82, 2.24) is 15.0 Å². The molecule has 3 rings (SSSR count). The van der Waals surface area contributed by atoms with Gasteiger partial charge in [-0.2, -0.15) is 0 Å². The highest BCUT2D eigenvalue weighted by Gasteiger charge is 2.07. The van der Waals surface area contributed by atoms with E-state index in [-0.39, 0.29) is 0 Å². The van der Waals surface area contributed by atoms with Crippen molar-refractivity contribution in [1.29, 1.82) is 0 Å². The smallest absolute Gasteiger partial charge is 0.222 e. The molecule has 5 nitrogen and oxygen atoms in total. The summed E-state index contributed by atoms with van der Waals surface area (Å²) in [7, 11) is 0. The number of hydrogen-bond acceptors (Lipinski definition) is 6. The van der Waals surface area contributed by atoms with Crippen molar-refractivity contribution in [2.75, 3.05) is 5.73 Å². The number of nitrogens with zero attached hydrogens (tertiary/aromatic N) is 3. The third-order valence-electron chi connectivity index (χ3n) is 2.60. The Morgan fingerprint density at radius 2 is 2.05 bits per heavy atom. The van der Waals surface area contributed by atoms with Crippen LogP contribution in [0.1, 0.15) is 5.01 Å². The van der Waals surface area contributed by atoms with Crippen LogP contribution in [0.15, 0.2) is 42.0 Å². The Balaban J connectivity index is 1.88. The van der Waals surface area contributed by atoms with Gasteiger partial charge in [-0.05, 0) is 19.1 Å².